The van der Waals surface area contributed by atoms with Crippen LogP contribution in [0.4, 0.5) is 0 Å². The maximum atomic E-state index is 6.14. The van der Waals surface area contributed by atoms with E-state index >= 15 is 0 Å². The molecule has 1 atom stereocenters. The number of nitrogens with two attached hydrogens (primary N) is 1. The minimum atomic E-state index is -0.249. The molecule has 1 heterocycles. The molecule has 6 heteroatoms. The number of likely N-dealkylation sites (N-methyl/N-ethyl adjacent to an activating group) is 1. The lowest BCUT2D eigenvalue weighted by Gasteiger charge is -2.20. The minimum Gasteiger partial charge on any atom is -0.497 e. The molecule has 0 amide bonds. The van der Waals surface area contributed by atoms with Gasteiger partial charge in [-0.2, -0.15) is 4.98 Å². The summed E-state index contributed by atoms with van der Waals surface area (Å²) in [4.78, 5) is 6.62. The van der Waals surface area contributed by atoms with Gasteiger partial charge in [0.2, 0.25) is 0 Å². The molecule has 21 heavy (non-hydrogen) atoms. The first-order chi connectivity index (χ1) is 10.2. The van der Waals surface area contributed by atoms with Gasteiger partial charge >= 0.3 is 0 Å². The SMILES string of the molecule is CCN(CC)CC(N)c1noc(-c2ccc(OC)cc2)n1. The summed E-state index contributed by atoms with van der Waals surface area (Å²) in [7, 11) is 1.63. The van der Waals surface area contributed by atoms with E-state index in [-0.39, 0.29) is 6.04 Å². The molecule has 0 saturated heterocycles. The molecule has 0 fully saturated rings. The van der Waals surface area contributed by atoms with E-state index in [0.717, 1.165) is 24.4 Å². The number of ether oxygens (including phenoxy) is 1. The highest BCUT2D eigenvalue weighted by atomic mass is 16.5. The maximum Gasteiger partial charge on any atom is 0.257 e. The van der Waals surface area contributed by atoms with E-state index in [1.165, 1.54) is 0 Å². The Morgan fingerprint density at radius 1 is 1.24 bits per heavy atom. The van der Waals surface area contributed by atoms with Crippen LogP contribution in [0.25, 0.3) is 11.5 Å². The molecule has 0 aliphatic heterocycles. The van der Waals surface area contributed by atoms with Gasteiger partial charge in [-0.1, -0.05) is 19.0 Å². The fourth-order valence-electron chi connectivity index (χ4n) is 2.08. The summed E-state index contributed by atoms with van der Waals surface area (Å²) in [6.07, 6.45) is 0. The van der Waals surface area contributed by atoms with Crippen molar-refractivity contribution in [3.05, 3.63) is 30.1 Å². The quantitative estimate of drug-likeness (QED) is 0.841. The van der Waals surface area contributed by atoms with Crippen molar-refractivity contribution >= 4 is 0 Å². The smallest absolute Gasteiger partial charge is 0.257 e. The summed E-state index contributed by atoms with van der Waals surface area (Å²) in [5.41, 5.74) is 6.99. The average molecular weight is 290 g/mol. The first-order valence-corrected chi connectivity index (χ1v) is 7.13. The van der Waals surface area contributed by atoms with Crippen molar-refractivity contribution in [2.75, 3.05) is 26.7 Å². The number of benzene rings is 1. The van der Waals surface area contributed by atoms with Gasteiger partial charge in [-0.25, -0.2) is 0 Å². The standard InChI is InChI=1S/C15H22N4O2/c1-4-19(5-2)10-13(16)14-17-15(21-18-14)11-6-8-12(20-3)9-7-11/h6-9,13H,4-5,10,16H2,1-3H3. The summed E-state index contributed by atoms with van der Waals surface area (Å²) in [5.74, 6) is 1.80. The van der Waals surface area contributed by atoms with Crippen LogP contribution in [0.5, 0.6) is 5.75 Å². The number of rotatable bonds is 7. The van der Waals surface area contributed by atoms with Gasteiger partial charge in [0.15, 0.2) is 5.82 Å². The lowest BCUT2D eigenvalue weighted by atomic mass is 10.2. The lowest BCUT2D eigenvalue weighted by molar-refractivity contribution is 0.278. The van der Waals surface area contributed by atoms with Crippen LogP contribution in [0.2, 0.25) is 0 Å². The van der Waals surface area contributed by atoms with Crippen molar-refractivity contribution in [3.63, 3.8) is 0 Å². The third-order valence-electron chi connectivity index (χ3n) is 3.46. The Bertz CT molecular complexity index is 549. The molecule has 0 aliphatic carbocycles. The van der Waals surface area contributed by atoms with Crippen LogP contribution in [-0.4, -0.2) is 41.8 Å². The van der Waals surface area contributed by atoms with Gasteiger partial charge in [0.25, 0.3) is 5.89 Å². The zero-order chi connectivity index (χ0) is 15.2. The molecule has 0 saturated carbocycles. The molecule has 2 aromatic rings. The molecule has 0 spiro atoms. The molecule has 6 nitrogen and oxygen atoms in total. The van der Waals surface area contributed by atoms with Gasteiger partial charge in [0.05, 0.1) is 13.2 Å². The lowest BCUT2D eigenvalue weighted by Crippen LogP contribution is -2.32. The number of aromatic nitrogens is 2. The first-order valence-electron chi connectivity index (χ1n) is 7.13. The molecule has 2 N–H and O–H groups in total. The molecular weight excluding hydrogens is 268 g/mol. The summed E-state index contributed by atoms with van der Waals surface area (Å²) in [6.45, 7) is 6.83. The second-order valence-corrected chi connectivity index (χ2v) is 4.78. The van der Waals surface area contributed by atoms with Crippen molar-refractivity contribution in [3.8, 4) is 17.2 Å². The van der Waals surface area contributed by atoms with Crippen molar-refractivity contribution in [1.29, 1.82) is 0 Å². The largest absolute Gasteiger partial charge is 0.497 e. The van der Waals surface area contributed by atoms with Crippen LogP contribution in [0.15, 0.2) is 28.8 Å². The molecule has 114 valence electrons. The van der Waals surface area contributed by atoms with Crippen LogP contribution < -0.4 is 10.5 Å². The topological polar surface area (TPSA) is 77.4 Å². The van der Waals surface area contributed by atoms with Crippen LogP contribution in [-0.2, 0) is 0 Å². The molecule has 0 radical (unpaired) electrons. The van der Waals surface area contributed by atoms with E-state index in [2.05, 4.69) is 28.9 Å². The van der Waals surface area contributed by atoms with Gasteiger partial charge in [-0.15, -0.1) is 0 Å². The van der Waals surface area contributed by atoms with Crippen molar-refractivity contribution in [1.82, 2.24) is 15.0 Å². The second kappa shape index (κ2) is 7.19. The molecule has 1 aromatic carbocycles. The molecule has 0 bridgehead atoms. The number of nitrogens with zero attached hydrogens (tertiary/aromatic N) is 3. The Kier molecular flexibility index (Phi) is 5.30. The molecule has 1 unspecified atom stereocenters. The highest BCUT2D eigenvalue weighted by Crippen LogP contribution is 2.21. The summed E-state index contributed by atoms with van der Waals surface area (Å²) >= 11 is 0. The zero-order valence-corrected chi connectivity index (χ0v) is 12.7. The Hall–Kier alpha value is -1.92. The van der Waals surface area contributed by atoms with Crippen LogP contribution in [0.1, 0.15) is 25.7 Å². The Labute approximate surface area is 124 Å². The Balaban J connectivity index is 2.09. The van der Waals surface area contributed by atoms with Gasteiger partial charge < -0.3 is 19.9 Å². The summed E-state index contributed by atoms with van der Waals surface area (Å²) in [5, 5.41) is 3.99. The average Bonchev–Trinajstić information content (AvgIpc) is 3.02. The second-order valence-electron chi connectivity index (χ2n) is 4.78. The normalized spacial score (nSPS) is 12.6. The minimum absolute atomic E-state index is 0.249. The molecule has 0 aliphatic rings. The first kappa shape index (κ1) is 15.5. The van der Waals surface area contributed by atoms with Gasteiger partial charge in [0, 0.05) is 12.1 Å². The van der Waals surface area contributed by atoms with Crippen molar-refractivity contribution in [2.45, 2.75) is 19.9 Å². The predicted octanol–water partition coefficient (Wildman–Crippen LogP) is 2.09. The van der Waals surface area contributed by atoms with Crippen molar-refractivity contribution < 1.29 is 9.26 Å². The van der Waals surface area contributed by atoms with Crippen molar-refractivity contribution in [2.24, 2.45) is 5.73 Å². The van der Waals surface area contributed by atoms with E-state index in [1.54, 1.807) is 7.11 Å². The summed E-state index contributed by atoms with van der Waals surface area (Å²) in [6, 6.07) is 7.22. The third-order valence-corrected chi connectivity index (χ3v) is 3.46. The zero-order valence-electron chi connectivity index (χ0n) is 12.7. The monoisotopic (exact) mass is 290 g/mol. The van der Waals surface area contributed by atoms with Gasteiger partial charge in [-0.3, -0.25) is 0 Å². The highest BCUT2D eigenvalue weighted by Gasteiger charge is 2.17. The fourth-order valence-corrected chi connectivity index (χ4v) is 2.08. The maximum absolute atomic E-state index is 6.14. The van der Waals surface area contributed by atoms with E-state index in [1.807, 2.05) is 24.3 Å². The Morgan fingerprint density at radius 3 is 2.48 bits per heavy atom. The van der Waals surface area contributed by atoms with Crippen LogP contribution in [0, 0.1) is 0 Å². The fraction of sp³-hybridized carbons (Fsp3) is 0.467. The van der Waals surface area contributed by atoms with Gasteiger partial charge in [0.1, 0.15) is 5.75 Å². The number of hydrogen-bond donors (Lipinski definition) is 1. The van der Waals surface area contributed by atoms with E-state index in [9.17, 15) is 0 Å². The van der Waals surface area contributed by atoms with E-state index in [0.29, 0.717) is 18.3 Å². The number of methoxy groups -OCH3 is 1. The molecule has 2 rings (SSSR count). The predicted molar refractivity (Wildman–Crippen MR) is 81.0 cm³/mol. The van der Waals surface area contributed by atoms with E-state index < -0.39 is 0 Å². The summed E-state index contributed by atoms with van der Waals surface area (Å²) < 4.78 is 10.4. The highest BCUT2D eigenvalue weighted by molar-refractivity contribution is 5.54. The molecular formula is C15H22N4O2. The Morgan fingerprint density at radius 2 is 1.90 bits per heavy atom. The van der Waals surface area contributed by atoms with Crippen LogP contribution >= 0.6 is 0 Å². The van der Waals surface area contributed by atoms with E-state index in [4.69, 9.17) is 15.0 Å². The third kappa shape index (κ3) is 3.80. The number of hydrogen-bond acceptors (Lipinski definition) is 6. The van der Waals surface area contributed by atoms with Gasteiger partial charge in [-0.05, 0) is 37.4 Å². The van der Waals surface area contributed by atoms with Crippen LogP contribution in [0.3, 0.4) is 0 Å². The molecule has 1 aromatic heterocycles.